The number of rotatable bonds is 7. The summed E-state index contributed by atoms with van der Waals surface area (Å²) < 4.78 is 11.1. The number of ether oxygens (including phenoxy) is 2. The summed E-state index contributed by atoms with van der Waals surface area (Å²) in [5.74, 6) is 1.57. The number of amides is 1. The molecule has 31 heavy (non-hydrogen) atoms. The zero-order valence-electron chi connectivity index (χ0n) is 18.6. The Labute approximate surface area is 183 Å². The van der Waals surface area contributed by atoms with Crippen molar-refractivity contribution in [1.82, 2.24) is 9.88 Å². The van der Waals surface area contributed by atoms with E-state index in [1.165, 1.54) is 0 Å². The van der Waals surface area contributed by atoms with Crippen LogP contribution in [0.2, 0.25) is 0 Å². The Morgan fingerprint density at radius 3 is 2.58 bits per heavy atom. The molecule has 2 N–H and O–H groups in total. The molecule has 0 saturated carbocycles. The van der Waals surface area contributed by atoms with E-state index in [2.05, 4.69) is 24.0 Å². The summed E-state index contributed by atoms with van der Waals surface area (Å²) in [6.45, 7) is 7.00. The van der Waals surface area contributed by atoms with E-state index in [1.807, 2.05) is 41.4 Å². The van der Waals surface area contributed by atoms with E-state index in [1.54, 1.807) is 19.1 Å². The second-order valence-corrected chi connectivity index (χ2v) is 8.14. The molecule has 1 saturated heterocycles. The molecule has 164 valence electrons. The molecule has 1 amide bonds. The first-order valence-corrected chi connectivity index (χ1v) is 11.0. The van der Waals surface area contributed by atoms with E-state index in [0.717, 1.165) is 66.3 Å². The average molecular weight is 423 g/mol. The van der Waals surface area contributed by atoms with Gasteiger partial charge in [-0.05, 0) is 24.6 Å². The van der Waals surface area contributed by atoms with E-state index in [-0.39, 0.29) is 11.8 Å². The van der Waals surface area contributed by atoms with Gasteiger partial charge < -0.3 is 24.3 Å². The quantitative estimate of drug-likeness (QED) is 0.615. The molecule has 6 heteroatoms. The number of fused-ring (bicyclic) bond motifs is 1. The van der Waals surface area contributed by atoms with Crippen molar-refractivity contribution in [2.45, 2.75) is 19.3 Å². The van der Waals surface area contributed by atoms with Gasteiger partial charge in [0.1, 0.15) is 11.5 Å². The second-order valence-electron chi connectivity index (χ2n) is 8.14. The van der Waals surface area contributed by atoms with E-state index in [9.17, 15) is 4.79 Å². The number of aromatic nitrogens is 1. The molecular weight excluding hydrogens is 390 g/mol. The zero-order valence-corrected chi connectivity index (χ0v) is 18.6. The maximum atomic E-state index is 13.4. The van der Waals surface area contributed by atoms with Crippen LogP contribution in [0.5, 0.6) is 11.5 Å². The maximum absolute atomic E-state index is 13.4. The minimum Gasteiger partial charge on any atom is -0.497 e. The summed E-state index contributed by atoms with van der Waals surface area (Å²) in [6.07, 6.45) is 2.44. The molecule has 2 aromatic carbocycles. The Bertz CT molecular complexity index is 1040. The van der Waals surface area contributed by atoms with E-state index in [0.29, 0.717) is 6.42 Å². The van der Waals surface area contributed by atoms with Crippen LogP contribution in [0.3, 0.4) is 0 Å². The van der Waals surface area contributed by atoms with Crippen molar-refractivity contribution in [3.05, 3.63) is 59.8 Å². The SMILES string of the molecule is CC[NH+]1CCN(C(=O)C[C@H](c2ccc(OC)cc2OC)c2c[nH]c3ccccc23)CC1. The molecule has 4 rings (SSSR count). The molecule has 2 heterocycles. The molecule has 0 bridgehead atoms. The monoisotopic (exact) mass is 422 g/mol. The number of benzene rings is 2. The summed E-state index contributed by atoms with van der Waals surface area (Å²) >= 11 is 0. The number of nitrogens with zero attached hydrogens (tertiary/aromatic N) is 1. The third-order valence-corrected chi connectivity index (χ3v) is 6.51. The number of carbonyl (C=O) groups is 1. The van der Waals surface area contributed by atoms with Crippen LogP contribution in [0, 0.1) is 0 Å². The summed E-state index contributed by atoms with van der Waals surface area (Å²) in [7, 11) is 3.31. The number of piperazine rings is 1. The zero-order chi connectivity index (χ0) is 21.8. The molecule has 1 aromatic heterocycles. The Morgan fingerprint density at radius 1 is 1.10 bits per heavy atom. The van der Waals surface area contributed by atoms with E-state index < -0.39 is 0 Å². The van der Waals surface area contributed by atoms with Crippen molar-refractivity contribution in [3.63, 3.8) is 0 Å². The molecule has 0 spiro atoms. The molecule has 6 nitrogen and oxygen atoms in total. The van der Waals surface area contributed by atoms with Gasteiger partial charge >= 0.3 is 0 Å². The highest BCUT2D eigenvalue weighted by Gasteiger charge is 2.29. The normalized spacial score (nSPS) is 15.8. The largest absolute Gasteiger partial charge is 0.497 e. The Morgan fingerprint density at radius 2 is 1.87 bits per heavy atom. The topological polar surface area (TPSA) is 59.0 Å². The van der Waals surface area contributed by atoms with E-state index >= 15 is 0 Å². The second kappa shape index (κ2) is 9.43. The first kappa shape index (κ1) is 21.2. The lowest BCUT2D eigenvalue weighted by molar-refractivity contribution is -0.902. The van der Waals surface area contributed by atoms with Crippen molar-refractivity contribution in [3.8, 4) is 11.5 Å². The Kier molecular flexibility index (Phi) is 6.47. The predicted molar refractivity (Wildman–Crippen MR) is 122 cm³/mol. The molecule has 1 aliphatic rings. The smallest absolute Gasteiger partial charge is 0.223 e. The lowest BCUT2D eigenvalue weighted by Gasteiger charge is -2.32. The number of likely N-dealkylation sites (N-methyl/N-ethyl adjacent to an activating group) is 1. The van der Waals surface area contributed by atoms with Crippen molar-refractivity contribution in [1.29, 1.82) is 0 Å². The van der Waals surface area contributed by atoms with Gasteiger partial charge in [-0.15, -0.1) is 0 Å². The van der Waals surface area contributed by atoms with E-state index in [4.69, 9.17) is 9.47 Å². The first-order chi connectivity index (χ1) is 15.1. The molecule has 1 atom stereocenters. The average Bonchev–Trinajstić information content (AvgIpc) is 3.26. The molecular formula is C25H32N3O3+. The van der Waals surface area contributed by atoms with Crippen LogP contribution in [0.4, 0.5) is 0 Å². The minimum atomic E-state index is -0.110. The van der Waals surface area contributed by atoms with Crippen LogP contribution in [0.25, 0.3) is 10.9 Å². The van der Waals surface area contributed by atoms with Crippen LogP contribution < -0.4 is 14.4 Å². The van der Waals surface area contributed by atoms with Crippen molar-refractivity contribution < 1.29 is 19.2 Å². The molecule has 0 aliphatic carbocycles. The number of carbonyl (C=O) groups excluding carboxylic acids is 1. The van der Waals surface area contributed by atoms with Gasteiger partial charge in [0.25, 0.3) is 0 Å². The number of hydrogen-bond acceptors (Lipinski definition) is 3. The van der Waals surface area contributed by atoms with Crippen molar-refractivity contribution in [2.75, 3.05) is 46.9 Å². The molecule has 1 aliphatic heterocycles. The minimum absolute atomic E-state index is 0.110. The number of para-hydroxylation sites is 1. The highest BCUT2D eigenvalue weighted by Crippen LogP contribution is 2.39. The lowest BCUT2D eigenvalue weighted by Crippen LogP contribution is -3.14. The van der Waals surface area contributed by atoms with Gasteiger partial charge in [-0.2, -0.15) is 0 Å². The highest BCUT2D eigenvalue weighted by molar-refractivity contribution is 5.86. The van der Waals surface area contributed by atoms with Gasteiger partial charge in [0.2, 0.25) is 5.91 Å². The molecule has 0 unspecified atom stereocenters. The third kappa shape index (κ3) is 4.39. The van der Waals surface area contributed by atoms with Gasteiger partial charge in [-0.1, -0.05) is 24.3 Å². The fourth-order valence-electron chi connectivity index (χ4n) is 4.61. The van der Waals surface area contributed by atoms with Crippen LogP contribution in [0.1, 0.15) is 30.4 Å². The Hall–Kier alpha value is -2.99. The fourth-order valence-corrected chi connectivity index (χ4v) is 4.61. The molecule has 0 radical (unpaired) electrons. The highest BCUT2D eigenvalue weighted by atomic mass is 16.5. The van der Waals surface area contributed by atoms with Crippen molar-refractivity contribution >= 4 is 16.8 Å². The van der Waals surface area contributed by atoms with Gasteiger partial charge in [0.05, 0.1) is 46.9 Å². The first-order valence-electron chi connectivity index (χ1n) is 11.0. The predicted octanol–water partition coefficient (Wildman–Crippen LogP) is 2.45. The number of hydrogen-bond donors (Lipinski definition) is 2. The molecule has 3 aromatic rings. The standard InChI is InChI=1S/C25H31N3O3/c1-4-27-11-13-28(14-12-27)25(29)16-21(20-10-9-18(30-2)15-24(20)31-3)22-17-26-23-8-6-5-7-19(22)23/h5-10,15,17,21,26H,4,11-14,16H2,1-3H3/p+1/t21-/m1/s1. The van der Waals surface area contributed by atoms with Crippen LogP contribution in [-0.2, 0) is 4.79 Å². The van der Waals surface area contributed by atoms with Gasteiger partial charge in [-0.3, -0.25) is 4.79 Å². The number of methoxy groups -OCH3 is 2. The lowest BCUT2D eigenvalue weighted by atomic mass is 9.87. The van der Waals surface area contributed by atoms with Crippen LogP contribution in [-0.4, -0.2) is 62.7 Å². The number of H-pyrrole nitrogens is 1. The van der Waals surface area contributed by atoms with Gasteiger partial charge in [0, 0.05) is 41.1 Å². The van der Waals surface area contributed by atoms with Crippen LogP contribution >= 0.6 is 0 Å². The summed E-state index contributed by atoms with van der Waals surface area (Å²) in [5, 5.41) is 1.14. The maximum Gasteiger partial charge on any atom is 0.223 e. The summed E-state index contributed by atoms with van der Waals surface area (Å²) in [6, 6.07) is 14.1. The summed E-state index contributed by atoms with van der Waals surface area (Å²) in [4.78, 5) is 20.3. The van der Waals surface area contributed by atoms with Crippen LogP contribution in [0.15, 0.2) is 48.7 Å². The van der Waals surface area contributed by atoms with Gasteiger partial charge in [-0.25, -0.2) is 0 Å². The fraction of sp³-hybridized carbons (Fsp3) is 0.400. The number of aromatic amines is 1. The Balaban J connectivity index is 1.69. The number of nitrogens with one attached hydrogen (secondary N) is 2. The molecule has 1 fully saturated rings. The summed E-state index contributed by atoms with van der Waals surface area (Å²) in [5.41, 5.74) is 3.19. The van der Waals surface area contributed by atoms with Crippen molar-refractivity contribution in [2.24, 2.45) is 0 Å². The third-order valence-electron chi connectivity index (χ3n) is 6.51. The van der Waals surface area contributed by atoms with Gasteiger partial charge in [0.15, 0.2) is 0 Å². The number of quaternary nitrogens is 1.